The van der Waals surface area contributed by atoms with Crippen LogP contribution in [0.5, 0.6) is 0 Å². The van der Waals surface area contributed by atoms with Gasteiger partial charge in [0.2, 0.25) is 5.91 Å². The molecule has 1 heterocycles. The average molecular weight is 340 g/mol. The van der Waals surface area contributed by atoms with Gasteiger partial charge in [-0.05, 0) is 37.6 Å². The van der Waals surface area contributed by atoms with Gasteiger partial charge in [0.15, 0.2) is 0 Å². The second kappa shape index (κ2) is 8.17. The van der Waals surface area contributed by atoms with Crippen LogP contribution in [0.4, 0.5) is 10.5 Å². The summed E-state index contributed by atoms with van der Waals surface area (Å²) in [6.07, 6.45) is -0.284. The Bertz CT molecular complexity index is 572. The third-order valence-electron chi connectivity index (χ3n) is 3.73. The standard InChI is InChI=1S/C16H22ClN3O3/c1-3-23-16(22)20-8-6-19(7-9-20)11-15(21)18-14-5-4-13(17)10-12(14)2/h4-5,10H,3,6-9,11H2,1-2H3,(H,18,21). The molecule has 1 N–H and O–H groups in total. The molecule has 0 atom stereocenters. The number of hydrogen-bond acceptors (Lipinski definition) is 4. The van der Waals surface area contributed by atoms with Crippen molar-refractivity contribution in [2.24, 2.45) is 0 Å². The fraction of sp³-hybridized carbons (Fsp3) is 0.500. The highest BCUT2D eigenvalue weighted by Gasteiger charge is 2.23. The van der Waals surface area contributed by atoms with Crippen molar-refractivity contribution in [3.63, 3.8) is 0 Å². The molecule has 23 heavy (non-hydrogen) atoms. The van der Waals surface area contributed by atoms with Crippen molar-refractivity contribution in [1.29, 1.82) is 0 Å². The maximum absolute atomic E-state index is 12.1. The number of benzene rings is 1. The number of anilines is 1. The van der Waals surface area contributed by atoms with Crippen molar-refractivity contribution in [3.05, 3.63) is 28.8 Å². The average Bonchev–Trinajstić information content (AvgIpc) is 2.51. The first-order chi connectivity index (χ1) is 11.0. The fourth-order valence-corrected chi connectivity index (χ4v) is 2.69. The first-order valence-corrected chi connectivity index (χ1v) is 8.07. The van der Waals surface area contributed by atoms with Crippen molar-refractivity contribution in [1.82, 2.24) is 9.80 Å². The molecular weight excluding hydrogens is 318 g/mol. The van der Waals surface area contributed by atoms with Gasteiger partial charge in [-0.2, -0.15) is 0 Å². The Morgan fingerprint density at radius 1 is 1.26 bits per heavy atom. The zero-order valence-electron chi connectivity index (χ0n) is 13.5. The van der Waals surface area contributed by atoms with E-state index in [1.165, 1.54) is 0 Å². The first-order valence-electron chi connectivity index (χ1n) is 7.69. The topological polar surface area (TPSA) is 61.9 Å². The van der Waals surface area contributed by atoms with E-state index in [4.69, 9.17) is 16.3 Å². The molecule has 0 unspecified atom stereocenters. The second-order valence-electron chi connectivity index (χ2n) is 5.47. The number of carbonyl (C=O) groups is 2. The number of amides is 2. The van der Waals surface area contributed by atoms with E-state index in [1.54, 1.807) is 24.0 Å². The van der Waals surface area contributed by atoms with Crippen LogP contribution in [0.25, 0.3) is 0 Å². The summed E-state index contributed by atoms with van der Waals surface area (Å²) in [5.41, 5.74) is 1.70. The molecule has 0 aromatic heterocycles. The van der Waals surface area contributed by atoms with E-state index in [0.717, 1.165) is 11.3 Å². The number of piperazine rings is 1. The third kappa shape index (κ3) is 5.11. The summed E-state index contributed by atoms with van der Waals surface area (Å²) in [7, 11) is 0. The molecule has 0 bridgehead atoms. The number of carbonyl (C=O) groups excluding carboxylic acids is 2. The molecule has 1 fully saturated rings. The molecule has 1 aromatic rings. The van der Waals surface area contributed by atoms with Crippen LogP contribution < -0.4 is 5.32 Å². The summed E-state index contributed by atoms with van der Waals surface area (Å²) in [6.45, 7) is 6.84. The number of ether oxygens (including phenoxy) is 1. The number of halogens is 1. The molecule has 1 saturated heterocycles. The van der Waals surface area contributed by atoms with E-state index in [1.807, 2.05) is 17.9 Å². The summed E-state index contributed by atoms with van der Waals surface area (Å²) >= 11 is 5.91. The molecule has 1 aromatic carbocycles. The van der Waals surface area contributed by atoms with Crippen molar-refractivity contribution >= 4 is 29.3 Å². The van der Waals surface area contributed by atoms with Crippen LogP contribution in [0.3, 0.4) is 0 Å². The lowest BCUT2D eigenvalue weighted by molar-refractivity contribution is -0.117. The maximum atomic E-state index is 12.1. The molecule has 7 heteroatoms. The number of nitrogens with one attached hydrogen (secondary N) is 1. The van der Waals surface area contributed by atoms with E-state index in [-0.39, 0.29) is 12.0 Å². The lowest BCUT2D eigenvalue weighted by Gasteiger charge is -2.33. The van der Waals surface area contributed by atoms with Gasteiger partial charge in [-0.3, -0.25) is 9.69 Å². The quantitative estimate of drug-likeness (QED) is 0.914. The van der Waals surface area contributed by atoms with E-state index >= 15 is 0 Å². The van der Waals surface area contributed by atoms with Crippen LogP contribution in [-0.2, 0) is 9.53 Å². The van der Waals surface area contributed by atoms with Crippen LogP contribution in [0.1, 0.15) is 12.5 Å². The first kappa shape index (κ1) is 17.6. The van der Waals surface area contributed by atoms with Gasteiger partial charge in [0.25, 0.3) is 0 Å². The monoisotopic (exact) mass is 339 g/mol. The van der Waals surface area contributed by atoms with E-state index < -0.39 is 0 Å². The minimum Gasteiger partial charge on any atom is -0.450 e. The van der Waals surface area contributed by atoms with Crippen LogP contribution in [0, 0.1) is 6.92 Å². The van der Waals surface area contributed by atoms with Crippen molar-refractivity contribution in [2.75, 3.05) is 44.6 Å². The largest absolute Gasteiger partial charge is 0.450 e. The Hall–Kier alpha value is -1.79. The number of rotatable bonds is 4. The van der Waals surface area contributed by atoms with Crippen LogP contribution >= 0.6 is 11.6 Å². The Morgan fingerprint density at radius 2 is 1.96 bits per heavy atom. The summed E-state index contributed by atoms with van der Waals surface area (Å²) < 4.78 is 4.98. The molecule has 0 spiro atoms. The zero-order chi connectivity index (χ0) is 16.8. The second-order valence-corrected chi connectivity index (χ2v) is 5.91. The third-order valence-corrected chi connectivity index (χ3v) is 3.96. The highest BCUT2D eigenvalue weighted by molar-refractivity contribution is 6.30. The molecule has 6 nitrogen and oxygen atoms in total. The van der Waals surface area contributed by atoms with E-state index in [0.29, 0.717) is 44.4 Å². The fourth-order valence-electron chi connectivity index (χ4n) is 2.46. The molecule has 1 aliphatic rings. The summed E-state index contributed by atoms with van der Waals surface area (Å²) in [5, 5.41) is 3.54. The van der Waals surface area contributed by atoms with Gasteiger partial charge in [-0.25, -0.2) is 4.79 Å². The highest BCUT2D eigenvalue weighted by Crippen LogP contribution is 2.19. The SMILES string of the molecule is CCOC(=O)N1CCN(CC(=O)Nc2ccc(Cl)cc2C)CC1. The van der Waals surface area contributed by atoms with Crippen molar-refractivity contribution in [3.8, 4) is 0 Å². The predicted molar refractivity (Wildman–Crippen MR) is 89.9 cm³/mol. The predicted octanol–water partition coefficient (Wildman–Crippen LogP) is 2.36. The summed E-state index contributed by atoms with van der Waals surface area (Å²) in [5.74, 6) is -0.0694. The summed E-state index contributed by atoms with van der Waals surface area (Å²) in [4.78, 5) is 27.5. The molecule has 2 rings (SSSR count). The molecule has 0 aliphatic carbocycles. The smallest absolute Gasteiger partial charge is 0.409 e. The van der Waals surface area contributed by atoms with E-state index in [9.17, 15) is 9.59 Å². The Labute approximate surface area is 141 Å². The minimum atomic E-state index is -0.284. The molecule has 126 valence electrons. The molecule has 2 amide bonds. The van der Waals surface area contributed by atoms with Gasteiger partial charge < -0.3 is 15.0 Å². The van der Waals surface area contributed by atoms with E-state index in [2.05, 4.69) is 5.32 Å². The molecule has 0 saturated carbocycles. The zero-order valence-corrected chi connectivity index (χ0v) is 14.2. The van der Waals surface area contributed by atoms with Crippen LogP contribution in [0.2, 0.25) is 5.02 Å². The van der Waals surface area contributed by atoms with Gasteiger partial charge in [0.05, 0.1) is 13.2 Å². The van der Waals surface area contributed by atoms with Gasteiger partial charge in [0, 0.05) is 36.9 Å². The maximum Gasteiger partial charge on any atom is 0.409 e. The van der Waals surface area contributed by atoms with Crippen molar-refractivity contribution < 1.29 is 14.3 Å². The normalized spacial score (nSPS) is 15.3. The van der Waals surface area contributed by atoms with Crippen LogP contribution in [-0.4, -0.2) is 61.1 Å². The molecular formula is C16H22ClN3O3. The Morgan fingerprint density at radius 3 is 2.57 bits per heavy atom. The Balaban J connectivity index is 1.79. The van der Waals surface area contributed by atoms with Gasteiger partial charge in [-0.15, -0.1) is 0 Å². The van der Waals surface area contributed by atoms with Crippen molar-refractivity contribution in [2.45, 2.75) is 13.8 Å². The number of nitrogens with zero attached hydrogens (tertiary/aromatic N) is 2. The number of aryl methyl sites for hydroxylation is 1. The lowest BCUT2D eigenvalue weighted by Crippen LogP contribution is -2.50. The minimum absolute atomic E-state index is 0.0694. The van der Waals surface area contributed by atoms with Gasteiger partial charge in [0.1, 0.15) is 0 Å². The molecule has 0 radical (unpaired) electrons. The molecule has 1 aliphatic heterocycles. The number of hydrogen-bond donors (Lipinski definition) is 1. The Kier molecular flexibility index (Phi) is 6.24. The van der Waals surface area contributed by atoms with Gasteiger partial charge >= 0.3 is 6.09 Å². The van der Waals surface area contributed by atoms with Crippen LogP contribution in [0.15, 0.2) is 18.2 Å². The highest BCUT2D eigenvalue weighted by atomic mass is 35.5. The lowest BCUT2D eigenvalue weighted by atomic mass is 10.2. The van der Waals surface area contributed by atoms with Gasteiger partial charge in [-0.1, -0.05) is 11.6 Å². The summed E-state index contributed by atoms with van der Waals surface area (Å²) in [6, 6.07) is 5.37.